The second-order valence-corrected chi connectivity index (χ2v) is 3.21. The minimum atomic E-state index is -0.638. The largest absolute Gasteiger partial charge is 0.393 e. The number of aliphatic hydroxyl groups excluding tert-OH is 1. The van der Waals surface area contributed by atoms with Gasteiger partial charge in [-0.05, 0) is 37.1 Å². The summed E-state index contributed by atoms with van der Waals surface area (Å²) in [5, 5.41) is 9.36. The highest BCUT2D eigenvalue weighted by atomic mass is 19.1. The monoisotopic (exact) mass is 201 g/mol. The van der Waals surface area contributed by atoms with E-state index in [0.717, 1.165) is 6.07 Å². The van der Waals surface area contributed by atoms with E-state index in [1.807, 2.05) is 0 Å². The normalized spacial score (nSPS) is 12.9. The molecule has 0 bridgehead atoms. The first-order chi connectivity index (χ1) is 6.61. The Hall–Kier alpha value is -1.00. The molecule has 0 radical (unpaired) electrons. The summed E-state index contributed by atoms with van der Waals surface area (Å²) < 4.78 is 25.4. The molecule has 0 saturated carbocycles. The molecule has 0 saturated heterocycles. The van der Waals surface area contributed by atoms with Crippen LogP contribution >= 0.6 is 0 Å². The maximum atomic E-state index is 12.7. The molecule has 0 aromatic heterocycles. The summed E-state index contributed by atoms with van der Waals surface area (Å²) in [7, 11) is 0. The summed E-state index contributed by atoms with van der Waals surface area (Å²) >= 11 is 0. The molecule has 0 aliphatic heterocycles. The van der Waals surface area contributed by atoms with Crippen LogP contribution < -0.4 is 5.73 Å². The average molecular weight is 201 g/mol. The Morgan fingerprint density at radius 1 is 1.21 bits per heavy atom. The third kappa shape index (κ3) is 3.40. The van der Waals surface area contributed by atoms with E-state index in [2.05, 4.69) is 0 Å². The quantitative estimate of drug-likeness (QED) is 0.769. The summed E-state index contributed by atoms with van der Waals surface area (Å²) in [6.07, 6.45) is 0.0190. The van der Waals surface area contributed by atoms with E-state index in [0.29, 0.717) is 18.5 Å². The van der Waals surface area contributed by atoms with E-state index in [9.17, 15) is 13.9 Å². The fourth-order valence-electron chi connectivity index (χ4n) is 1.30. The van der Waals surface area contributed by atoms with Crippen LogP contribution in [0.2, 0.25) is 0 Å². The Kier molecular flexibility index (Phi) is 3.98. The maximum absolute atomic E-state index is 12.7. The van der Waals surface area contributed by atoms with Crippen LogP contribution in [0.25, 0.3) is 0 Å². The fourth-order valence-corrected chi connectivity index (χ4v) is 1.30. The molecule has 0 aliphatic rings. The lowest BCUT2D eigenvalue weighted by molar-refractivity contribution is 0.167. The third-order valence-corrected chi connectivity index (χ3v) is 1.89. The predicted molar refractivity (Wildman–Crippen MR) is 49.7 cm³/mol. The summed E-state index contributed by atoms with van der Waals surface area (Å²) in [4.78, 5) is 0. The highest BCUT2D eigenvalue weighted by Crippen LogP contribution is 2.10. The first kappa shape index (κ1) is 11.1. The zero-order valence-electron chi connectivity index (χ0n) is 7.71. The molecule has 1 unspecified atom stereocenters. The summed E-state index contributed by atoms with van der Waals surface area (Å²) in [5.41, 5.74) is 5.68. The Labute approximate surface area is 81.4 Å². The van der Waals surface area contributed by atoms with Gasteiger partial charge in [-0.2, -0.15) is 0 Å². The molecule has 78 valence electrons. The van der Waals surface area contributed by atoms with Gasteiger partial charge in [0.15, 0.2) is 0 Å². The predicted octanol–water partition coefficient (Wildman–Crippen LogP) is 1.22. The molecule has 0 heterocycles. The van der Waals surface area contributed by atoms with Crippen molar-refractivity contribution in [2.24, 2.45) is 5.73 Å². The highest BCUT2D eigenvalue weighted by molar-refractivity contribution is 5.18. The number of nitrogens with two attached hydrogens (primary N) is 1. The molecule has 14 heavy (non-hydrogen) atoms. The first-order valence-corrected chi connectivity index (χ1v) is 4.45. The minimum absolute atomic E-state index is 0.228. The van der Waals surface area contributed by atoms with Crippen LogP contribution in [-0.2, 0) is 6.42 Å². The van der Waals surface area contributed by atoms with E-state index in [1.54, 1.807) is 0 Å². The van der Waals surface area contributed by atoms with Crippen molar-refractivity contribution in [2.75, 3.05) is 6.54 Å². The van der Waals surface area contributed by atoms with Crippen molar-refractivity contribution < 1.29 is 13.9 Å². The van der Waals surface area contributed by atoms with Crippen LogP contribution in [-0.4, -0.2) is 17.8 Å². The standard InChI is InChI=1S/C10H13F2NO/c11-8-3-7(4-9(12)6-8)5-10(14)1-2-13/h3-4,6,10,14H,1-2,5,13H2. The fraction of sp³-hybridized carbons (Fsp3) is 0.400. The molecule has 1 aromatic rings. The minimum Gasteiger partial charge on any atom is -0.393 e. The van der Waals surface area contributed by atoms with E-state index >= 15 is 0 Å². The molecule has 3 N–H and O–H groups in total. The Balaban J connectivity index is 2.66. The second kappa shape index (κ2) is 5.02. The lowest BCUT2D eigenvalue weighted by atomic mass is 10.1. The number of hydrogen-bond acceptors (Lipinski definition) is 2. The number of benzene rings is 1. The lowest BCUT2D eigenvalue weighted by Crippen LogP contribution is -2.16. The number of aliphatic hydroxyl groups is 1. The summed E-state index contributed by atoms with van der Waals surface area (Å²) in [6, 6.07) is 3.23. The lowest BCUT2D eigenvalue weighted by Gasteiger charge is -2.08. The van der Waals surface area contributed by atoms with Gasteiger partial charge in [0.2, 0.25) is 0 Å². The van der Waals surface area contributed by atoms with E-state index in [4.69, 9.17) is 5.73 Å². The molecule has 0 aliphatic carbocycles. The third-order valence-electron chi connectivity index (χ3n) is 1.89. The SMILES string of the molecule is NCCC(O)Cc1cc(F)cc(F)c1. The average Bonchev–Trinajstić information content (AvgIpc) is 2.01. The molecule has 2 nitrogen and oxygen atoms in total. The van der Waals surface area contributed by atoms with E-state index in [1.165, 1.54) is 12.1 Å². The van der Waals surface area contributed by atoms with Gasteiger partial charge in [-0.15, -0.1) is 0 Å². The Morgan fingerprint density at radius 3 is 2.29 bits per heavy atom. The van der Waals surface area contributed by atoms with E-state index in [-0.39, 0.29) is 6.42 Å². The van der Waals surface area contributed by atoms with Crippen molar-refractivity contribution in [3.8, 4) is 0 Å². The van der Waals surface area contributed by atoms with Gasteiger partial charge in [0.25, 0.3) is 0 Å². The second-order valence-electron chi connectivity index (χ2n) is 3.21. The van der Waals surface area contributed by atoms with Gasteiger partial charge >= 0.3 is 0 Å². The molecule has 4 heteroatoms. The zero-order valence-corrected chi connectivity index (χ0v) is 7.71. The van der Waals surface area contributed by atoms with Gasteiger partial charge in [0, 0.05) is 6.07 Å². The molecular weight excluding hydrogens is 188 g/mol. The molecule has 0 spiro atoms. The van der Waals surface area contributed by atoms with Gasteiger partial charge in [0.1, 0.15) is 11.6 Å². The highest BCUT2D eigenvalue weighted by Gasteiger charge is 2.06. The maximum Gasteiger partial charge on any atom is 0.126 e. The molecule has 1 aromatic carbocycles. The molecule has 1 atom stereocenters. The van der Waals surface area contributed by atoms with Crippen LogP contribution in [0.15, 0.2) is 18.2 Å². The summed E-state index contributed by atoms with van der Waals surface area (Å²) in [5.74, 6) is -1.25. The van der Waals surface area contributed by atoms with Crippen molar-refractivity contribution >= 4 is 0 Å². The zero-order chi connectivity index (χ0) is 10.6. The summed E-state index contributed by atoms with van der Waals surface area (Å²) in [6.45, 7) is 0.360. The van der Waals surface area contributed by atoms with Crippen LogP contribution in [0.1, 0.15) is 12.0 Å². The van der Waals surface area contributed by atoms with Crippen molar-refractivity contribution in [2.45, 2.75) is 18.9 Å². The Bertz CT molecular complexity index is 284. The van der Waals surface area contributed by atoms with Crippen LogP contribution in [0.3, 0.4) is 0 Å². The van der Waals surface area contributed by atoms with Crippen molar-refractivity contribution in [3.63, 3.8) is 0 Å². The molecule has 0 fully saturated rings. The number of hydrogen-bond donors (Lipinski definition) is 2. The van der Waals surface area contributed by atoms with Crippen molar-refractivity contribution in [3.05, 3.63) is 35.4 Å². The van der Waals surface area contributed by atoms with Gasteiger partial charge < -0.3 is 10.8 Å². The van der Waals surface area contributed by atoms with Gasteiger partial charge in [0.05, 0.1) is 6.10 Å². The topological polar surface area (TPSA) is 46.2 Å². The van der Waals surface area contributed by atoms with Crippen LogP contribution in [0, 0.1) is 11.6 Å². The van der Waals surface area contributed by atoms with Crippen LogP contribution in [0.4, 0.5) is 8.78 Å². The van der Waals surface area contributed by atoms with Crippen molar-refractivity contribution in [1.29, 1.82) is 0 Å². The van der Waals surface area contributed by atoms with Crippen LogP contribution in [0.5, 0.6) is 0 Å². The van der Waals surface area contributed by atoms with Gasteiger partial charge in [-0.25, -0.2) is 8.78 Å². The van der Waals surface area contributed by atoms with E-state index < -0.39 is 17.7 Å². The number of rotatable bonds is 4. The molecule has 1 rings (SSSR count). The molecular formula is C10H13F2NO. The Morgan fingerprint density at radius 2 is 1.79 bits per heavy atom. The first-order valence-electron chi connectivity index (χ1n) is 4.45. The van der Waals surface area contributed by atoms with Crippen molar-refractivity contribution in [1.82, 2.24) is 0 Å². The smallest absolute Gasteiger partial charge is 0.126 e. The molecule has 0 amide bonds. The van der Waals surface area contributed by atoms with Gasteiger partial charge in [-0.3, -0.25) is 0 Å². The van der Waals surface area contributed by atoms with Gasteiger partial charge in [-0.1, -0.05) is 0 Å². The number of halogens is 2.